The molecule has 0 spiro atoms. The van der Waals surface area contributed by atoms with E-state index in [1.165, 1.54) is 0 Å². The molecule has 1 aliphatic rings. The lowest BCUT2D eigenvalue weighted by Crippen LogP contribution is -2.44. The molecule has 1 aromatic heterocycles. The Balaban J connectivity index is 1.75. The first-order chi connectivity index (χ1) is 8.98. The van der Waals surface area contributed by atoms with Gasteiger partial charge >= 0.3 is 5.97 Å². The van der Waals surface area contributed by atoms with Gasteiger partial charge in [0.1, 0.15) is 5.76 Å². The van der Waals surface area contributed by atoms with E-state index in [0.717, 1.165) is 5.76 Å². The second-order valence-corrected chi connectivity index (χ2v) is 5.31. The van der Waals surface area contributed by atoms with Gasteiger partial charge in [-0.1, -0.05) is 0 Å². The summed E-state index contributed by atoms with van der Waals surface area (Å²) in [5.74, 6) is 0.290. The van der Waals surface area contributed by atoms with Gasteiger partial charge < -0.3 is 19.9 Å². The Morgan fingerprint density at radius 2 is 2.26 bits per heavy atom. The lowest BCUT2D eigenvalue weighted by Gasteiger charge is -2.34. The van der Waals surface area contributed by atoms with Crippen LogP contribution in [0, 0.1) is 12.8 Å². The van der Waals surface area contributed by atoms with Gasteiger partial charge in [0.2, 0.25) is 5.89 Å². The van der Waals surface area contributed by atoms with Crippen LogP contribution in [-0.2, 0) is 11.3 Å². The Morgan fingerprint density at radius 3 is 2.79 bits per heavy atom. The monoisotopic (exact) mass is 268 g/mol. The maximum absolute atomic E-state index is 10.8. The van der Waals surface area contributed by atoms with E-state index in [1.54, 1.807) is 6.20 Å². The smallest absolute Gasteiger partial charge is 0.306 e. The first-order valence-corrected chi connectivity index (χ1v) is 6.56. The van der Waals surface area contributed by atoms with Crippen molar-refractivity contribution >= 4 is 5.97 Å². The highest BCUT2D eigenvalue weighted by Gasteiger charge is 2.35. The second-order valence-electron chi connectivity index (χ2n) is 5.31. The third kappa shape index (κ3) is 3.78. The standard InChI is InChI=1S/C13H20N2O4/c1-9-6-15-11(19-9)7-14-8-13(18)4-2-10(3-5-13)12(16)17/h6,10,14,18H,2-5,7-8H2,1H3,(H,16,17). The van der Waals surface area contributed by atoms with E-state index in [9.17, 15) is 9.90 Å². The Morgan fingerprint density at radius 1 is 1.58 bits per heavy atom. The predicted octanol–water partition coefficient (Wildman–Crippen LogP) is 1.08. The maximum atomic E-state index is 10.8. The molecule has 1 aromatic rings. The van der Waals surface area contributed by atoms with Crippen molar-refractivity contribution in [1.82, 2.24) is 10.3 Å². The largest absolute Gasteiger partial charge is 0.481 e. The van der Waals surface area contributed by atoms with Crippen LogP contribution in [0.1, 0.15) is 37.3 Å². The van der Waals surface area contributed by atoms with Gasteiger partial charge in [-0.25, -0.2) is 4.98 Å². The second kappa shape index (κ2) is 5.71. The molecule has 0 unspecified atom stereocenters. The first kappa shape index (κ1) is 14.0. The highest BCUT2D eigenvalue weighted by atomic mass is 16.4. The molecule has 6 nitrogen and oxygen atoms in total. The van der Waals surface area contributed by atoms with E-state index in [4.69, 9.17) is 9.52 Å². The number of oxazole rings is 1. The molecule has 0 aromatic carbocycles. The number of nitrogens with one attached hydrogen (secondary N) is 1. The Bertz CT molecular complexity index is 436. The molecule has 106 valence electrons. The van der Waals surface area contributed by atoms with Gasteiger partial charge in [-0.05, 0) is 32.6 Å². The van der Waals surface area contributed by atoms with Crippen LogP contribution in [0.2, 0.25) is 0 Å². The van der Waals surface area contributed by atoms with Crippen LogP contribution in [0.15, 0.2) is 10.6 Å². The molecule has 1 fully saturated rings. The average molecular weight is 268 g/mol. The van der Waals surface area contributed by atoms with Gasteiger partial charge in [0.25, 0.3) is 0 Å². The highest BCUT2D eigenvalue weighted by molar-refractivity contribution is 5.70. The van der Waals surface area contributed by atoms with Crippen LogP contribution in [-0.4, -0.2) is 33.3 Å². The van der Waals surface area contributed by atoms with Crippen LogP contribution >= 0.6 is 0 Å². The summed E-state index contributed by atoms with van der Waals surface area (Å²) in [5.41, 5.74) is -0.812. The maximum Gasteiger partial charge on any atom is 0.306 e. The number of rotatable bonds is 5. The number of aliphatic hydroxyl groups is 1. The fourth-order valence-corrected chi connectivity index (χ4v) is 2.46. The highest BCUT2D eigenvalue weighted by Crippen LogP contribution is 2.31. The minimum atomic E-state index is -0.812. The summed E-state index contributed by atoms with van der Waals surface area (Å²) in [7, 11) is 0. The van der Waals surface area contributed by atoms with E-state index < -0.39 is 11.6 Å². The SMILES string of the molecule is Cc1cnc(CNCC2(O)CCC(C(=O)O)CC2)o1. The van der Waals surface area contributed by atoms with Crippen molar-refractivity contribution in [3.05, 3.63) is 17.8 Å². The van der Waals surface area contributed by atoms with E-state index in [0.29, 0.717) is 44.7 Å². The number of nitrogens with zero attached hydrogens (tertiary/aromatic N) is 1. The number of carbonyl (C=O) groups is 1. The zero-order chi connectivity index (χ0) is 13.9. The average Bonchev–Trinajstić information content (AvgIpc) is 2.75. The molecule has 0 aliphatic heterocycles. The molecular formula is C13H20N2O4. The zero-order valence-corrected chi connectivity index (χ0v) is 11.1. The molecule has 0 saturated heterocycles. The van der Waals surface area contributed by atoms with E-state index in [-0.39, 0.29) is 5.92 Å². The molecule has 0 amide bonds. The third-order valence-corrected chi connectivity index (χ3v) is 3.66. The van der Waals surface area contributed by atoms with Crippen LogP contribution in [0.5, 0.6) is 0 Å². The summed E-state index contributed by atoms with van der Waals surface area (Å²) in [6, 6.07) is 0. The van der Waals surface area contributed by atoms with Crippen molar-refractivity contribution in [2.45, 2.75) is 44.8 Å². The third-order valence-electron chi connectivity index (χ3n) is 3.66. The number of aliphatic carboxylic acids is 1. The molecule has 1 aliphatic carbocycles. The summed E-state index contributed by atoms with van der Waals surface area (Å²) in [6.45, 7) is 2.73. The molecule has 19 heavy (non-hydrogen) atoms. The lowest BCUT2D eigenvalue weighted by molar-refractivity contribution is -0.144. The summed E-state index contributed by atoms with van der Waals surface area (Å²) in [4.78, 5) is 14.9. The van der Waals surface area contributed by atoms with E-state index in [2.05, 4.69) is 10.3 Å². The normalized spacial score (nSPS) is 27.4. The lowest BCUT2D eigenvalue weighted by atomic mass is 9.79. The molecule has 3 N–H and O–H groups in total. The molecule has 0 atom stereocenters. The Kier molecular flexibility index (Phi) is 4.21. The van der Waals surface area contributed by atoms with Crippen LogP contribution in [0.4, 0.5) is 0 Å². The van der Waals surface area contributed by atoms with Crippen molar-refractivity contribution in [3.8, 4) is 0 Å². The first-order valence-electron chi connectivity index (χ1n) is 6.56. The minimum absolute atomic E-state index is 0.310. The van der Waals surface area contributed by atoms with Gasteiger partial charge in [-0.3, -0.25) is 4.79 Å². The minimum Gasteiger partial charge on any atom is -0.481 e. The van der Waals surface area contributed by atoms with E-state index >= 15 is 0 Å². The molecule has 1 heterocycles. The number of hydrogen-bond acceptors (Lipinski definition) is 5. The molecule has 6 heteroatoms. The summed E-state index contributed by atoms with van der Waals surface area (Å²) < 4.78 is 5.32. The summed E-state index contributed by atoms with van der Waals surface area (Å²) in [6.07, 6.45) is 3.75. The van der Waals surface area contributed by atoms with Gasteiger partial charge in [0.15, 0.2) is 0 Å². The van der Waals surface area contributed by atoms with Gasteiger partial charge in [0.05, 0.1) is 24.3 Å². The van der Waals surface area contributed by atoms with Crippen LogP contribution < -0.4 is 5.32 Å². The summed E-state index contributed by atoms with van der Waals surface area (Å²) in [5, 5.41) is 22.4. The van der Waals surface area contributed by atoms with Crippen molar-refractivity contribution < 1.29 is 19.4 Å². The number of aromatic nitrogens is 1. The van der Waals surface area contributed by atoms with Crippen molar-refractivity contribution in [1.29, 1.82) is 0 Å². The molecule has 0 bridgehead atoms. The fourth-order valence-electron chi connectivity index (χ4n) is 2.46. The number of carboxylic acid groups (broad SMARTS) is 1. The van der Waals surface area contributed by atoms with Crippen molar-refractivity contribution in [3.63, 3.8) is 0 Å². The van der Waals surface area contributed by atoms with Crippen LogP contribution in [0.25, 0.3) is 0 Å². The zero-order valence-electron chi connectivity index (χ0n) is 11.1. The predicted molar refractivity (Wildman–Crippen MR) is 67.5 cm³/mol. The van der Waals surface area contributed by atoms with Crippen molar-refractivity contribution in [2.24, 2.45) is 5.92 Å². The molecular weight excluding hydrogens is 248 g/mol. The summed E-state index contributed by atoms with van der Waals surface area (Å²) >= 11 is 0. The molecule has 1 saturated carbocycles. The van der Waals surface area contributed by atoms with Gasteiger partial charge in [0, 0.05) is 6.54 Å². The fraction of sp³-hybridized carbons (Fsp3) is 0.692. The Hall–Kier alpha value is -1.40. The topological polar surface area (TPSA) is 95.6 Å². The quantitative estimate of drug-likeness (QED) is 0.739. The number of carboxylic acids is 1. The van der Waals surface area contributed by atoms with Gasteiger partial charge in [-0.15, -0.1) is 0 Å². The van der Waals surface area contributed by atoms with Crippen molar-refractivity contribution in [2.75, 3.05) is 6.54 Å². The molecule has 0 radical (unpaired) electrons. The van der Waals surface area contributed by atoms with Crippen LogP contribution in [0.3, 0.4) is 0 Å². The van der Waals surface area contributed by atoms with E-state index in [1.807, 2.05) is 6.92 Å². The van der Waals surface area contributed by atoms with Gasteiger partial charge in [-0.2, -0.15) is 0 Å². The number of hydrogen-bond donors (Lipinski definition) is 3. The Labute approximate surface area is 111 Å². The molecule has 2 rings (SSSR count). The number of aryl methyl sites for hydroxylation is 1.